The first kappa shape index (κ1) is 18.7. The zero-order chi connectivity index (χ0) is 17.4. The average Bonchev–Trinajstić information content (AvgIpc) is 2.48. The number of allylic oxidation sites excluding steroid dienone is 1. The molecule has 0 radical (unpaired) electrons. The Morgan fingerprint density at radius 1 is 0.870 bits per heavy atom. The Morgan fingerprint density at radius 3 is 1.65 bits per heavy atom. The highest BCUT2D eigenvalue weighted by atomic mass is 16.5. The SMILES string of the molecule is CCOc1cc(C=C(C(C)=O)C(C)=O)cc(OCC)c1OCC. The van der Waals surface area contributed by atoms with Gasteiger partial charge in [0.15, 0.2) is 23.1 Å². The van der Waals surface area contributed by atoms with Crippen LogP contribution < -0.4 is 14.2 Å². The van der Waals surface area contributed by atoms with Crippen LogP contribution in [0.2, 0.25) is 0 Å². The molecule has 0 aromatic heterocycles. The van der Waals surface area contributed by atoms with Crippen molar-refractivity contribution in [3.8, 4) is 17.2 Å². The van der Waals surface area contributed by atoms with E-state index in [0.29, 0.717) is 42.6 Å². The minimum atomic E-state index is -0.276. The summed E-state index contributed by atoms with van der Waals surface area (Å²) in [6, 6.07) is 3.48. The third kappa shape index (κ3) is 5.13. The van der Waals surface area contributed by atoms with E-state index in [1.165, 1.54) is 13.8 Å². The lowest BCUT2D eigenvalue weighted by atomic mass is 10.0. The topological polar surface area (TPSA) is 61.8 Å². The fourth-order valence-electron chi connectivity index (χ4n) is 2.11. The predicted octanol–water partition coefficient (Wildman–Crippen LogP) is 3.44. The summed E-state index contributed by atoms with van der Waals surface area (Å²) < 4.78 is 16.9. The molecule has 0 fully saturated rings. The van der Waals surface area contributed by atoms with Gasteiger partial charge in [0.2, 0.25) is 5.75 Å². The van der Waals surface area contributed by atoms with Crippen molar-refractivity contribution in [1.82, 2.24) is 0 Å². The lowest BCUT2D eigenvalue weighted by Gasteiger charge is -2.16. The fourth-order valence-corrected chi connectivity index (χ4v) is 2.11. The van der Waals surface area contributed by atoms with Gasteiger partial charge in [-0.25, -0.2) is 0 Å². The molecule has 5 heteroatoms. The molecule has 0 saturated heterocycles. The first-order chi connectivity index (χ1) is 10.9. The number of Topliss-reactive ketones (excluding diaryl/α,β-unsaturated/α-hetero) is 2. The molecule has 0 atom stereocenters. The first-order valence-electron chi connectivity index (χ1n) is 7.74. The molecule has 23 heavy (non-hydrogen) atoms. The van der Waals surface area contributed by atoms with Crippen molar-refractivity contribution in [2.45, 2.75) is 34.6 Å². The van der Waals surface area contributed by atoms with Crippen molar-refractivity contribution in [3.63, 3.8) is 0 Å². The maximum absolute atomic E-state index is 11.6. The van der Waals surface area contributed by atoms with E-state index in [1.807, 2.05) is 20.8 Å². The normalized spacial score (nSPS) is 9.96. The van der Waals surface area contributed by atoms with E-state index in [9.17, 15) is 9.59 Å². The molecular formula is C18H24O5. The maximum Gasteiger partial charge on any atom is 0.203 e. The summed E-state index contributed by atoms with van der Waals surface area (Å²) in [5.41, 5.74) is 0.791. The van der Waals surface area contributed by atoms with E-state index in [-0.39, 0.29) is 17.1 Å². The van der Waals surface area contributed by atoms with Crippen molar-refractivity contribution in [1.29, 1.82) is 0 Å². The van der Waals surface area contributed by atoms with Crippen LogP contribution in [0.1, 0.15) is 40.2 Å². The molecule has 0 spiro atoms. The zero-order valence-electron chi connectivity index (χ0n) is 14.4. The Balaban J connectivity index is 3.46. The van der Waals surface area contributed by atoms with Crippen LogP contribution in [0.3, 0.4) is 0 Å². The minimum Gasteiger partial charge on any atom is -0.490 e. The quantitative estimate of drug-likeness (QED) is 0.396. The molecule has 0 aliphatic carbocycles. The molecule has 0 amide bonds. The third-order valence-corrected chi connectivity index (χ3v) is 3.00. The number of ether oxygens (including phenoxy) is 3. The van der Waals surface area contributed by atoms with Crippen molar-refractivity contribution in [2.75, 3.05) is 19.8 Å². The van der Waals surface area contributed by atoms with Crippen LogP contribution in [0.4, 0.5) is 0 Å². The second-order valence-electron chi connectivity index (χ2n) is 4.82. The van der Waals surface area contributed by atoms with Gasteiger partial charge in [-0.2, -0.15) is 0 Å². The van der Waals surface area contributed by atoms with E-state index in [4.69, 9.17) is 14.2 Å². The zero-order valence-corrected chi connectivity index (χ0v) is 14.4. The van der Waals surface area contributed by atoms with Crippen LogP contribution >= 0.6 is 0 Å². The predicted molar refractivity (Wildman–Crippen MR) is 89.3 cm³/mol. The standard InChI is InChI=1S/C18H24O5/c1-6-21-16-10-14(9-15(12(4)19)13(5)20)11-17(22-7-2)18(16)23-8-3/h9-11H,6-8H2,1-5H3. The van der Waals surface area contributed by atoms with E-state index in [2.05, 4.69) is 0 Å². The van der Waals surface area contributed by atoms with Crippen LogP contribution in [-0.2, 0) is 9.59 Å². The highest BCUT2D eigenvalue weighted by Crippen LogP contribution is 2.39. The van der Waals surface area contributed by atoms with E-state index < -0.39 is 0 Å². The third-order valence-electron chi connectivity index (χ3n) is 3.00. The largest absolute Gasteiger partial charge is 0.490 e. The van der Waals surface area contributed by atoms with Gasteiger partial charge in [0.25, 0.3) is 0 Å². The Morgan fingerprint density at radius 2 is 1.30 bits per heavy atom. The highest BCUT2D eigenvalue weighted by molar-refractivity contribution is 6.21. The van der Waals surface area contributed by atoms with Gasteiger partial charge in [0.1, 0.15) is 0 Å². The molecule has 126 valence electrons. The highest BCUT2D eigenvalue weighted by Gasteiger charge is 2.16. The van der Waals surface area contributed by atoms with E-state index >= 15 is 0 Å². The summed E-state index contributed by atoms with van der Waals surface area (Å²) in [7, 11) is 0. The molecule has 5 nitrogen and oxygen atoms in total. The molecule has 0 N–H and O–H groups in total. The van der Waals surface area contributed by atoms with Crippen molar-refractivity contribution >= 4 is 17.6 Å². The summed E-state index contributed by atoms with van der Waals surface area (Å²) in [4.78, 5) is 23.2. The van der Waals surface area contributed by atoms with Crippen molar-refractivity contribution < 1.29 is 23.8 Å². The lowest BCUT2D eigenvalue weighted by Crippen LogP contribution is -2.06. The fraction of sp³-hybridized carbons (Fsp3) is 0.444. The number of benzene rings is 1. The summed E-state index contributed by atoms with van der Waals surface area (Å²) in [5, 5.41) is 0. The summed E-state index contributed by atoms with van der Waals surface area (Å²) in [6.07, 6.45) is 1.55. The molecule has 1 aromatic rings. The van der Waals surface area contributed by atoms with Crippen LogP contribution in [0.15, 0.2) is 17.7 Å². The van der Waals surface area contributed by atoms with Gasteiger partial charge in [-0.05, 0) is 58.4 Å². The second-order valence-corrected chi connectivity index (χ2v) is 4.82. The summed E-state index contributed by atoms with van der Waals surface area (Å²) in [5.74, 6) is 1.03. The monoisotopic (exact) mass is 320 g/mol. The van der Waals surface area contributed by atoms with Gasteiger partial charge in [-0.15, -0.1) is 0 Å². The van der Waals surface area contributed by atoms with Gasteiger partial charge in [-0.3, -0.25) is 9.59 Å². The number of carbonyl (C=O) groups is 2. The molecular weight excluding hydrogens is 296 g/mol. The van der Waals surface area contributed by atoms with Gasteiger partial charge in [-0.1, -0.05) is 0 Å². The van der Waals surface area contributed by atoms with Gasteiger partial charge in [0, 0.05) is 0 Å². The minimum absolute atomic E-state index is 0.138. The summed E-state index contributed by atoms with van der Waals surface area (Å²) >= 11 is 0. The molecule has 0 aliphatic heterocycles. The number of carbonyl (C=O) groups excluding carboxylic acids is 2. The molecule has 1 aromatic carbocycles. The summed E-state index contributed by atoms with van der Waals surface area (Å²) in [6.45, 7) is 9.76. The molecule has 0 bridgehead atoms. The van der Waals surface area contributed by atoms with Crippen LogP contribution in [0.25, 0.3) is 6.08 Å². The lowest BCUT2D eigenvalue weighted by molar-refractivity contribution is -0.119. The number of ketones is 2. The average molecular weight is 320 g/mol. The first-order valence-corrected chi connectivity index (χ1v) is 7.74. The van der Waals surface area contributed by atoms with Gasteiger partial charge in [0.05, 0.1) is 25.4 Å². The Kier molecular flexibility index (Phi) is 7.32. The van der Waals surface area contributed by atoms with Crippen LogP contribution in [0.5, 0.6) is 17.2 Å². The number of rotatable bonds is 9. The second kappa shape index (κ2) is 8.98. The van der Waals surface area contributed by atoms with Crippen LogP contribution in [-0.4, -0.2) is 31.4 Å². The molecule has 0 heterocycles. The van der Waals surface area contributed by atoms with Crippen molar-refractivity contribution in [3.05, 3.63) is 23.3 Å². The Bertz CT molecular complexity index is 558. The number of hydrogen-bond acceptors (Lipinski definition) is 5. The van der Waals surface area contributed by atoms with Crippen molar-refractivity contribution in [2.24, 2.45) is 0 Å². The van der Waals surface area contributed by atoms with Crippen LogP contribution in [0, 0.1) is 0 Å². The maximum atomic E-state index is 11.6. The Labute approximate surface area is 137 Å². The molecule has 1 rings (SSSR count). The Hall–Kier alpha value is -2.30. The van der Waals surface area contributed by atoms with E-state index in [1.54, 1.807) is 18.2 Å². The van der Waals surface area contributed by atoms with Gasteiger partial charge < -0.3 is 14.2 Å². The molecule has 0 unspecified atom stereocenters. The van der Waals surface area contributed by atoms with Gasteiger partial charge >= 0.3 is 0 Å². The van der Waals surface area contributed by atoms with E-state index in [0.717, 1.165) is 0 Å². The number of hydrogen-bond donors (Lipinski definition) is 0. The molecule has 0 saturated carbocycles. The smallest absolute Gasteiger partial charge is 0.203 e. The molecule has 0 aliphatic rings.